The molecule has 0 nitrogen and oxygen atoms in total. The van der Waals surface area contributed by atoms with Crippen molar-refractivity contribution in [2.75, 3.05) is 0 Å². The summed E-state index contributed by atoms with van der Waals surface area (Å²) in [5, 5.41) is 0. The first-order valence-electron chi connectivity index (χ1n) is 0. The first-order valence-corrected chi connectivity index (χ1v) is 0. The van der Waals surface area contributed by atoms with Crippen molar-refractivity contribution in [1.29, 1.82) is 0 Å². The van der Waals surface area contributed by atoms with Crippen molar-refractivity contribution in [3.8, 4) is 0 Å². The summed E-state index contributed by atoms with van der Waals surface area (Å²) in [6.07, 6.45) is 0. The van der Waals surface area contributed by atoms with Crippen molar-refractivity contribution in [2.45, 2.75) is 0 Å². The average molecular weight is 182 g/mol. The van der Waals surface area contributed by atoms with Gasteiger partial charge in [0.05, 0.1) is 0 Å². The molecule has 0 heterocycles. The van der Waals surface area contributed by atoms with E-state index in [4.69, 9.17) is 0 Å². The first-order chi connectivity index (χ1) is 0. The summed E-state index contributed by atoms with van der Waals surface area (Å²) >= 11 is 0. The summed E-state index contributed by atoms with van der Waals surface area (Å²) in [6, 6.07) is 0. The zero-order valence-corrected chi connectivity index (χ0v) is 8.93. The third-order valence-corrected chi connectivity index (χ3v) is 0. The molecule has 0 aliphatic heterocycles. The van der Waals surface area contributed by atoms with E-state index in [2.05, 4.69) is 0 Å². The fraction of sp³-hybridized carbons (Fsp3) is 0. The molecule has 0 amide bonds. The summed E-state index contributed by atoms with van der Waals surface area (Å²) in [5.74, 6) is 0. The third kappa shape index (κ3) is 8.85. The number of rotatable bonds is 0. The van der Waals surface area contributed by atoms with Gasteiger partial charge in [-0.25, -0.2) is 0 Å². The van der Waals surface area contributed by atoms with E-state index >= 15 is 0 Å². The maximum atomic E-state index is 0. The zero-order valence-electron chi connectivity index (χ0n) is 4.44. The van der Waals surface area contributed by atoms with Gasteiger partial charge in [0, 0.05) is 34.1 Å². The summed E-state index contributed by atoms with van der Waals surface area (Å²) in [5.41, 5.74) is 0. The van der Waals surface area contributed by atoms with Crippen molar-refractivity contribution in [3.05, 3.63) is 0 Å². The molecular weight excluding hydrogens is 178 g/mol. The molecule has 0 N–H and O–H groups in total. The van der Waals surface area contributed by atoms with Crippen LogP contribution in [0.1, 0.15) is 2.85 Å². The van der Waals surface area contributed by atoms with Crippen LogP contribution >= 0.6 is 0 Å². The van der Waals surface area contributed by atoms with E-state index in [1.165, 1.54) is 0 Å². The van der Waals surface area contributed by atoms with E-state index in [-0.39, 0.29) is 92.1 Å². The van der Waals surface area contributed by atoms with Gasteiger partial charge in [0.2, 0.25) is 0 Å². The van der Waals surface area contributed by atoms with E-state index in [1.54, 1.807) is 0 Å². The predicted octanol–water partition coefficient (Wildman–Crippen LogP) is -1.08. The largest absolute Gasteiger partial charge is 2.00 e. The zero-order chi connectivity index (χ0) is 0. The Hall–Kier alpha value is 2.83. The summed E-state index contributed by atoms with van der Waals surface area (Å²) in [4.78, 5) is 0. The van der Waals surface area contributed by atoms with Crippen molar-refractivity contribution in [2.24, 2.45) is 0 Å². The fourth-order valence-electron chi connectivity index (χ4n) is 0. The molecule has 0 aromatic rings. The molecule has 0 aromatic carbocycles. The summed E-state index contributed by atoms with van der Waals surface area (Å²) < 4.78 is 0. The minimum absolute atomic E-state index is 0. The molecule has 0 fully saturated rings. The van der Waals surface area contributed by atoms with Crippen LogP contribution in [0.15, 0.2) is 0 Å². The number of hydrogen-bond acceptors (Lipinski definition) is 0. The maximum absolute atomic E-state index is 0. The molecule has 0 aromatic heterocycles. The minimum atomic E-state index is 0. The third-order valence-electron chi connectivity index (χ3n) is 0. The van der Waals surface area contributed by atoms with Crippen LogP contribution in [0.25, 0.3) is 0 Å². The van der Waals surface area contributed by atoms with Crippen molar-refractivity contribution < 1.29 is 37.0 Å². The smallest absolute Gasteiger partial charge is 1.00 e. The van der Waals surface area contributed by atoms with E-state index in [0.29, 0.717) is 0 Å². The Bertz CT molecular complexity index is 13.5. The topological polar surface area (TPSA) is 0 Å². The molecule has 0 spiro atoms. The van der Waals surface area contributed by atoms with Crippen LogP contribution in [-0.4, -0.2) is 55.1 Å². The Morgan fingerprint density at radius 1 is 1.25 bits per heavy atom. The van der Waals surface area contributed by atoms with Crippen molar-refractivity contribution >= 4 is 55.1 Å². The molecule has 0 atom stereocenters. The second kappa shape index (κ2) is 17.0. The molecule has 4 heteroatoms. The van der Waals surface area contributed by atoms with Crippen LogP contribution in [0.5, 0.6) is 0 Å². The molecular formula is H4AlCaFeMn. The van der Waals surface area contributed by atoms with Gasteiger partial charge in [-0.05, 0) is 0 Å². The van der Waals surface area contributed by atoms with Gasteiger partial charge in [-0.3, -0.25) is 0 Å². The summed E-state index contributed by atoms with van der Waals surface area (Å²) in [6.45, 7) is 0. The van der Waals surface area contributed by atoms with Crippen LogP contribution in [0.4, 0.5) is 0 Å². The first kappa shape index (κ1) is 29.0. The molecule has 0 saturated heterocycles. The van der Waals surface area contributed by atoms with E-state index in [9.17, 15) is 0 Å². The van der Waals surface area contributed by atoms with Crippen molar-refractivity contribution in [3.63, 3.8) is 0 Å². The molecule has 0 saturated carbocycles. The monoisotopic (exact) mass is 182 g/mol. The van der Waals surface area contributed by atoms with E-state index in [1.807, 2.05) is 0 Å². The Labute approximate surface area is 90.5 Å². The fourth-order valence-corrected chi connectivity index (χ4v) is 0. The Balaban J connectivity index is 0. The maximum Gasteiger partial charge on any atom is 2.00 e. The van der Waals surface area contributed by atoms with Gasteiger partial charge in [-0.1, -0.05) is 0 Å². The Kier molecular flexibility index (Phi) is 123. The second-order valence-corrected chi connectivity index (χ2v) is 0. The second-order valence-electron chi connectivity index (χ2n) is 0. The van der Waals surface area contributed by atoms with Crippen LogP contribution < -0.4 is 0 Å². The Morgan fingerprint density at radius 2 is 1.25 bits per heavy atom. The van der Waals surface area contributed by atoms with Crippen molar-refractivity contribution in [1.82, 2.24) is 0 Å². The van der Waals surface area contributed by atoms with Crippen LogP contribution in [0, 0.1) is 0 Å². The van der Waals surface area contributed by atoms with Crippen LogP contribution in [0.2, 0.25) is 0 Å². The molecule has 24 valence electrons. The van der Waals surface area contributed by atoms with Crippen LogP contribution in [0.3, 0.4) is 0 Å². The normalized spacial score (nSPS) is 0. The molecule has 0 aliphatic carbocycles. The predicted molar refractivity (Wildman–Crippen MR) is 16.5 cm³/mol. The molecule has 0 aliphatic rings. The quantitative estimate of drug-likeness (QED) is 0.418. The van der Waals surface area contributed by atoms with Gasteiger partial charge in [0.25, 0.3) is 0 Å². The average Bonchev–Trinajstić information content (AvgIpc) is 0. The number of hydrogen-bond donors (Lipinski definition) is 0. The van der Waals surface area contributed by atoms with E-state index < -0.39 is 0 Å². The molecule has 0 bridgehead atoms. The van der Waals surface area contributed by atoms with Gasteiger partial charge in [-0.2, -0.15) is 0 Å². The minimum Gasteiger partial charge on any atom is -1.00 e. The standard InChI is InChI=1S/Al.Ca.Fe.Mn.4H/q;+2;;;;;2*-1. The molecule has 0 rings (SSSR count). The molecule has 0 unspecified atom stereocenters. The molecule has 2 radical (unpaired) electrons. The van der Waals surface area contributed by atoms with Gasteiger partial charge >= 0.3 is 37.7 Å². The van der Waals surface area contributed by atoms with E-state index in [0.717, 1.165) is 0 Å². The van der Waals surface area contributed by atoms with Gasteiger partial charge < -0.3 is 2.85 Å². The Morgan fingerprint density at radius 3 is 1.25 bits per heavy atom. The summed E-state index contributed by atoms with van der Waals surface area (Å²) in [7, 11) is 0. The van der Waals surface area contributed by atoms with Gasteiger partial charge in [0.15, 0.2) is 0 Å². The van der Waals surface area contributed by atoms with Gasteiger partial charge in [-0.15, -0.1) is 0 Å². The molecule has 4 heavy (non-hydrogen) atoms. The van der Waals surface area contributed by atoms with Gasteiger partial charge in [0.1, 0.15) is 17.4 Å². The van der Waals surface area contributed by atoms with Crippen LogP contribution in [-0.2, 0) is 34.1 Å². The SMILES string of the molecule is [AlH2].[Ca+2].[Fe].[H-].[H-].[Mn].